The van der Waals surface area contributed by atoms with E-state index in [4.69, 9.17) is 10.5 Å². The molecule has 1 unspecified atom stereocenters. The second-order valence-corrected chi connectivity index (χ2v) is 6.45. The minimum atomic E-state index is -0.377. The molecule has 2 N–H and O–H groups in total. The smallest absolute Gasteiger partial charge is 0.341 e. The average Bonchev–Trinajstić information content (AvgIpc) is 2.80. The summed E-state index contributed by atoms with van der Waals surface area (Å²) < 4.78 is 4.86. The first-order valence-electron chi connectivity index (χ1n) is 7.07. The van der Waals surface area contributed by atoms with Crippen LogP contribution in [0.5, 0.6) is 0 Å². The molecule has 0 radical (unpaired) electrons. The number of anilines is 1. The van der Waals surface area contributed by atoms with Crippen LogP contribution < -0.4 is 5.73 Å². The Labute approximate surface area is 129 Å². The molecule has 1 atom stereocenters. The van der Waals surface area contributed by atoms with Gasteiger partial charge < -0.3 is 10.5 Å². The molecule has 0 bridgehead atoms. The fourth-order valence-corrected chi connectivity index (χ4v) is 3.37. The number of nitrogen functional groups attached to an aromatic ring is 1. The van der Waals surface area contributed by atoms with Crippen LogP contribution in [0.2, 0.25) is 0 Å². The molecule has 21 heavy (non-hydrogen) atoms. The summed E-state index contributed by atoms with van der Waals surface area (Å²) in [5, 5.41) is 0.514. The summed E-state index contributed by atoms with van der Waals surface area (Å²) in [5.41, 5.74) is 9.66. The number of ether oxygens (including phenoxy) is 1. The van der Waals surface area contributed by atoms with Crippen molar-refractivity contribution >= 4 is 22.3 Å². The third-order valence-corrected chi connectivity index (χ3v) is 4.82. The summed E-state index contributed by atoms with van der Waals surface area (Å²) in [6.45, 7) is 6.37. The second-order valence-electron chi connectivity index (χ2n) is 5.20. The van der Waals surface area contributed by atoms with E-state index in [0.29, 0.717) is 16.5 Å². The van der Waals surface area contributed by atoms with E-state index in [1.807, 2.05) is 6.92 Å². The van der Waals surface area contributed by atoms with E-state index >= 15 is 0 Å². The van der Waals surface area contributed by atoms with Gasteiger partial charge in [-0.3, -0.25) is 0 Å². The molecule has 2 aromatic rings. The molecule has 1 aromatic heterocycles. The van der Waals surface area contributed by atoms with Gasteiger partial charge in [0, 0.05) is 10.4 Å². The van der Waals surface area contributed by atoms with Gasteiger partial charge in [-0.05, 0) is 30.4 Å². The molecule has 0 aliphatic rings. The fourth-order valence-electron chi connectivity index (χ4n) is 2.43. The lowest BCUT2D eigenvalue weighted by atomic mass is 9.95. The first-order chi connectivity index (χ1) is 9.99. The van der Waals surface area contributed by atoms with Crippen molar-refractivity contribution in [3.63, 3.8) is 0 Å². The van der Waals surface area contributed by atoms with Crippen molar-refractivity contribution in [2.24, 2.45) is 0 Å². The highest BCUT2D eigenvalue weighted by Crippen LogP contribution is 2.39. The summed E-state index contributed by atoms with van der Waals surface area (Å²) in [5.74, 6) is 0.158. The van der Waals surface area contributed by atoms with E-state index in [-0.39, 0.29) is 5.97 Å². The third-order valence-electron chi connectivity index (χ3n) is 3.88. The maximum absolute atomic E-state index is 12.0. The van der Waals surface area contributed by atoms with Crippen LogP contribution in [0.1, 0.15) is 47.0 Å². The van der Waals surface area contributed by atoms with Crippen molar-refractivity contribution < 1.29 is 9.53 Å². The topological polar surface area (TPSA) is 52.3 Å². The molecule has 3 nitrogen and oxygen atoms in total. The quantitative estimate of drug-likeness (QED) is 0.839. The van der Waals surface area contributed by atoms with Crippen LogP contribution in [0.15, 0.2) is 24.3 Å². The lowest BCUT2D eigenvalue weighted by Crippen LogP contribution is -2.04. The highest BCUT2D eigenvalue weighted by Gasteiger charge is 2.22. The molecule has 4 heteroatoms. The van der Waals surface area contributed by atoms with Crippen LogP contribution in [0.4, 0.5) is 5.00 Å². The zero-order valence-electron chi connectivity index (χ0n) is 12.9. The van der Waals surface area contributed by atoms with Gasteiger partial charge in [0.2, 0.25) is 0 Å². The normalized spacial score (nSPS) is 12.2. The van der Waals surface area contributed by atoms with Crippen LogP contribution in [-0.4, -0.2) is 13.1 Å². The number of carbonyl (C=O) groups excluding carboxylic acids is 1. The van der Waals surface area contributed by atoms with Crippen molar-refractivity contribution in [2.45, 2.75) is 33.1 Å². The molecule has 1 aromatic carbocycles. The molecule has 0 saturated heterocycles. The highest BCUT2D eigenvalue weighted by atomic mass is 32.1. The zero-order valence-corrected chi connectivity index (χ0v) is 13.7. The monoisotopic (exact) mass is 303 g/mol. The maximum Gasteiger partial charge on any atom is 0.341 e. The van der Waals surface area contributed by atoms with Gasteiger partial charge >= 0.3 is 5.97 Å². The molecule has 0 saturated carbocycles. The van der Waals surface area contributed by atoms with Crippen LogP contribution in [-0.2, 0) is 4.74 Å². The van der Waals surface area contributed by atoms with Gasteiger partial charge in [-0.2, -0.15) is 0 Å². The standard InChI is InChI=1S/C17H21NO2S/c1-5-10(2)12-6-8-13(9-7-12)14-11(3)21-16(18)15(14)17(19)20-4/h6-10H,5,18H2,1-4H3. The van der Waals surface area contributed by atoms with Crippen molar-refractivity contribution in [1.82, 2.24) is 0 Å². The lowest BCUT2D eigenvalue weighted by Gasteiger charge is -2.11. The summed E-state index contributed by atoms with van der Waals surface area (Å²) in [7, 11) is 1.38. The molecular formula is C17H21NO2S. The number of benzene rings is 1. The van der Waals surface area contributed by atoms with Gasteiger partial charge in [0.25, 0.3) is 0 Å². The fraction of sp³-hybridized carbons (Fsp3) is 0.353. The zero-order chi connectivity index (χ0) is 15.6. The molecule has 0 aliphatic carbocycles. The second kappa shape index (κ2) is 6.31. The highest BCUT2D eigenvalue weighted by molar-refractivity contribution is 7.16. The van der Waals surface area contributed by atoms with Gasteiger partial charge in [-0.1, -0.05) is 38.1 Å². The first kappa shape index (κ1) is 15.6. The summed E-state index contributed by atoms with van der Waals surface area (Å²) >= 11 is 1.43. The van der Waals surface area contributed by atoms with Crippen LogP contribution in [0, 0.1) is 6.92 Å². The minimum absolute atomic E-state index is 0.377. The van der Waals surface area contributed by atoms with E-state index in [1.54, 1.807) is 0 Å². The third kappa shape index (κ3) is 2.95. The number of methoxy groups -OCH3 is 1. The van der Waals surface area contributed by atoms with Gasteiger partial charge in [0.15, 0.2) is 0 Å². The predicted octanol–water partition coefficient (Wildman–Crippen LogP) is 4.61. The van der Waals surface area contributed by atoms with E-state index in [9.17, 15) is 4.79 Å². The number of hydrogen-bond acceptors (Lipinski definition) is 4. The number of carbonyl (C=O) groups is 1. The number of aryl methyl sites for hydroxylation is 1. The molecule has 0 amide bonds. The van der Waals surface area contributed by atoms with E-state index in [1.165, 1.54) is 24.0 Å². The van der Waals surface area contributed by atoms with E-state index in [0.717, 1.165) is 22.4 Å². The Kier molecular flexibility index (Phi) is 4.68. The summed E-state index contributed by atoms with van der Waals surface area (Å²) in [4.78, 5) is 13.0. The summed E-state index contributed by atoms with van der Waals surface area (Å²) in [6, 6.07) is 8.36. The van der Waals surface area contributed by atoms with Crippen molar-refractivity contribution in [2.75, 3.05) is 12.8 Å². The Balaban J connectivity index is 2.49. The van der Waals surface area contributed by atoms with E-state index < -0.39 is 0 Å². The lowest BCUT2D eigenvalue weighted by molar-refractivity contribution is 0.0603. The molecule has 1 heterocycles. The average molecular weight is 303 g/mol. The Morgan fingerprint density at radius 2 is 1.95 bits per heavy atom. The van der Waals surface area contributed by atoms with Gasteiger partial charge in [-0.15, -0.1) is 11.3 Å². The molecule has 0 spiro atoms. The molecule has 2 rings (SSSR count). The predicted molar refractivity (Wildman–Crippen MR) is 88.9 cm³/mol. The maximum atomic E-state index is 12.0. The number of rotatable bonds is 4. The van der Waals surface area contributed by atoms with Crippen LogP contribution in [0.25, 0.3) is 11.1 Å². The number of hydrogen-bond donors (Lipinski definition) is 1. The van der Waals surface area contributed by atoms with Crippen molar-refractivity contribution in [3.8, 4) is 11.1 Å². The minimum Gasteiger partial charge on any atom is -0.465 e. The Hall–Kier alpha value is -1.81. The Morgan fingerprint density at radius 3 is 2.48 bits per heavy atom. The van der Waals surface area contributed by atoms with Gasteiger partial charge in [-0.25, -0.2) is 4.79 Å². The molecular weight excluding hydrogens is 282 g/mol. The number of thiophene rings is 1. The number of esters is 1. The molecule has 0 aliphatic heterocycles. The Morgan fingerprint density at radius 1 is 1.33 bits per heavy atom. The van der Waals surface area contributed by atoms with Crippen LogP contribution in [0.3, 0.4) is 0 Å². The molecule has 112 valence electrons. The summed E-state index contributed by atoms with van der Waals surface area (Å²) in [6.07, 6.45) is 1.11. The SMILES string of the molecule is CCC(C)c1ccc(-c2c(C)sc(N)c2C(=O)OC)cc1. The van der Waals surface area contributed by atoms with Gasteiger partial charge in [0.05, 0.1) is 7.11 Å². The van der Waals surface area contributed by atoms with Crippen molar-refractivity contribution in [3.05, 3.63) is 40.3 Å². The van der Waals surface area contributed by atoms with Gasteiger partial charge in [0.1, 0.15) is 10.6 Å². The first-order valence-corrected chi connectivity index (χ1v) is 7.88. The largest absolute Gasteiger partial charge is 0.465 e. The number of nitrogens with two attached hydrogens (primary N) is 1. The van der Waals surface area contributed by atoms with Crippen LogP contribution >= 0.6 is 11.3 Å². The van der Waals surface area contributed by atoms with Crippen molar-refractivity contribution in [1.29, 1.82) is 0 Å². The molecule has 0 fully saturated rings. The Bertz CT molecular complexity index is 644. The van der Waals surface area contributed by atoms with E-state index in [2.05, 4.69) is 38.1 Å².